The second-order valence-electron chi connectivity index (χ2n) is 7.15. The minimum absolute atomic E-state index is 0. The topological polar surface area (TPSA) is 50.2 Å². The maximum Gasteiger partial charge on any atom is 0.416 e. The van der Waals surface area contributed by atoms with E-state index >= 15 is 0 Å². The van der Waals surface area contributed by atoms with Crippen LogP contribution in [0, 0.1) is 12.8 Å². The molecule has 1 fully saturated rings. The van der Waals surface area contributed by atoms with Crippen molar-refractivity contribution in [3.63, 3.8) is 0 Å². The molecule has 0 unspecified atom stereocenters. The monoisotopic (exact) mass is 430 g/mol. The Balaban J connectivity index is 0.00000300. The van der Waals surface area contributed by atoms with E-state index in [4.69, 9.17) is 0 Å². The SMILES string of the molecule is CCNCC1CCN(C(=O)c2cnn(-c3cccc(C(F)(F)F)c3)c2C)CC1.Cl. The van der Waals surface area contributed by atoms with Crippen LogP contribution in [0.5, 0.6) is 0 Å². The van der Waals surface area contributed by atoms with Crippen molar-refractivity contribution in [3.05, 3.63) is 47.3 Å². The molecule has 3 rings (SSSR count). The number of benzene rings is 1. The van der Waals surface area contributed by atoms with Crippen LogP contribution in [0.15, 0.2) is 30.5 Å². The lowest BCUT2D eigenvalue weighted by Gasteiger charge is -2.32. The van der Waals surface area contributed by atoms with Crippen LogP contribution in [-0.2, 0) is 6.18 Å². The third-order valence-electron chi connectivity index (χ3n) is 5.24. The minimum Gasteiger partial charge on any atom is -0.339 e. The number of piperidine rings is 1. The Morgan fingerprint density at radius 3 is 2.59 bits per heavy atom. The second kappa shape index (κ2) is 9.63. The van der Waals surface area contributed by atoms with Gasteiger partial charge in [0.15, 0.2) is 0 Å². The summed E-state index contributed by atoms with van der Waals surface area (Å²) in [6.45, 7) is 7.05. The van der Waals surface area contributed by atoms with Crippen LogP contribution < -0.4 is 5.32 Å². The number of alkyl halides is 3. The van der Waals surface area contributed by atoms with Crippen LogP contribution in [0.2, 0.25) is 0 Å². The van der Waals surface area contributed by atoms with Crippen molar-refractivity contribution in [2.75, 3.05) is 26.2 Å². The van der Waals surface area contributed by atoms with Crippen LogP contribution in [0.3, 0.4) is 0 Å². The Morgan fingerprint density at radius 2 is 1.97 bits per heavy atom. The third kappa shape index (κ3) is 5.30. The molecule has 0 aliphatic carbocycles. The van der Waals surface area contributed by atoms with Gasteiger partial charge in [-0.1, -0.05) is 13.0 Å². The van der Waals surface area contributed by atoms with E-state index in [9.17, 15) is 18.0 Å². The lowest BCUT2D eigenvalue weighted by Crippen LogP contribution is -2.40. The molecule has 1 aliphatic rings. The van der Waals surface area contributed by atoms with Crippen molar-refractivity contribution in [1.29, 1.82) is 0 Å². The molecule has 0 radical (unpaired) electrons. The highest BCUT2D eigenvalue weighted by Gasteiger charge is 2.31. The Kier molecular flexibility index (Phi) is 7.71. The smallest absolute Gasteiger partial charge is 0.339 e. The maximum atomic E-state index is 13.0. The number of nitrogens with zero attached hydrogens (tertiary/aromatic N) is 3. The van der Waals surface area contributed by atoms with Gasteiger partial charge in [0.25, 0.3) is 5.91 Å². The number of carbonyl (C=O) groups excluding carboxylic acids is 1. The lowest BCUT2D eigenvalue weighted by molar-refractivity contribution is -0.137. The molecule has 29 heavy (non-hydrogen) atoms. The van der Waals surface area contributed by atoms with Crippen molar-refractivity contribution in [3.8, 4) is 5.69 Å². The normalized spacial score (nSPS) is 15.3. The van der Waals surface area contributed by atoms with Crippen LogP contribution in [0.25, 0.3) is 5.69 Å². The summed E-state index contributed by atoms with van der Waals surface area (Å²) in [5.41, 5.74) is 0.521. The zero-order chi connectivity index (χ0) is 20.3. The Morgan fingerprint density at radius 1 is 1.28 bits per heavy atom. The standard InChI is InChI=1S/C20H25F3N4O.ClH/c1-3-24-12-15-7-9-26(10-8-15)19(28)18-13-25-27(14(18)2)17-6-4-5-16(11-17)20(21,22)23;/h4-6,11,13,15,24H,3,7-10,12H2,1-2H3;1H. The van der Waals surface area contributed by atoms with E-state index < -0.39 is 11.7 Å². The fourth-order valence-electron chi connectivity index (χ4n) is 3.55. The van der Waals surface area contributed by atoms with Crippen LogP contribution in [-0.4, -0.2) is 46.8 Å². The number of likely N-dealkylation sites (tertiary alicyclic amines) is 1. The number of hydrogen-bond acceptors (Lipinski definition) is 3. The number of amides is 1. The van der Waals surface area contributed by atoms with Crippen molar-refractivity contribution in [2.45, 2.75) is 32.9 Å². The van der Waals surface area contributed by atoms with Gasteiger partial charge in [0.1, 0.15) is 0 Å². The second-order valence-corrected chi connectivity index (χ2v) is 7.15. The molecule has 1 aromatic carbocycles. The van der Waals surface area contributed by atoms with Gasteiger partial charge in [-0.2, -0.15) is 18.3 Å². The molecule has 1 aromatic heterocycles. The van der Waals surface area contributed by atoms with Gasteiger partial charge in [0.2, 0.25) is 0 Å². The molecule has 1 aliphatic heterocycles. The van der Waals surface area contributed by atoms with E-state index in [-0.39, 0.29) is 24.0 Å². The molecule has 0 spiro atoms. The molecule has 5 nitrogen and oxygen atoms in total. The Bertz CT molecular complexity index is 829. The summed E-state index contributed by atoms with van der Waals surface area (Å²) in [6, 6.07) is 4.96. The molecule has 9 heteroatoms. The zero-order valence-electron chi connectivity index (χ0n) is 16.5. The van der Waals surface area contributed by atoms with Gasteiger partial charge in [-0.25, -0.2) is 4.68 Å². The van der Waals surface area contributed by atoms with Gasteiger partial charge >= 0.3 is 6.18 Å². The first-order valence-corrected chi connectivity index (χ1v) is 9.53. The van der Waals surface area contributed by atoms with E-state index in [0.29, 0.717) is 30.3 Å². The van der Waals surface area contributed by atoms with Gasteiger partial charge < -0.3 is 10.2 Å². The number of rotatable bonds is 5. The van der Waals surface area contributed by atoms with Gasteiger partial charge in [-0.3, -0.25) is 4.79 Å². The van der Waals surface area contributed by atoms with Crippen molar-refractivity contribution >= 4 is 18.3 Å². The molecule has 2 aromatic rings. The molecule has 0 saturated carbocycles. The van der Waals surface area contributed by atoms with Gasteiger partial charge in [0, 0.05) is 13.1 Å². The highest BCUT2D eigenvalue weighted by atomic mass is 35.5. The highest BCUT2D eigenvalue weighted by Crippen LogP contribution is 2.30. The summed E-state index contributed by atoms with van der Waals surface area (Å²) in [5, 5.41) is 7.51. The predicted molar refractivity (Wildman–Crippen MR) is 108 cm³/mol. The molecular weight excluding hydrogens is 405 g/mol. The first-order chi connectivity index (χ1) is 13.3. The zero-order valence-corrected chi connectivity index (χ0v) is 17.3. The molecular formula is C20H26ClF3N4O. The summed E-state index contributed by atoms with van der Waals surface area (Å²) in [7, 11) is 0. The van der Waals surface area contributed by atoms with Crippen LogP contribution >= 0.6 is 12.4 Å². The third-order valence-corrected chi connectivity index (χ3v) is 5.24. The first kappa shape index (κ1) is 23.2. The van der Waals surface area contributed by atoms with Crippen molar-refractivity contribution < 1.29 is 18.0 Å². The number of carbonyl (C=O) groups is 1. The number of hydrogen-bond donors (Lipinski definition) is 1. The Labute approximate surface area is 174 Å². The number of halogens is 4. The largest absolute Gasteiger partial charge is 0.416 e. The van der Waals surface area contributed by atoms with E-state index in [1.54, 1.807) is 13.0 Å². The molecule has 1 amide bonds. The summed E-state index contributed by atoms with van der Waals surface area (Å²) in [6.07, 6.45) is -1.09. The van der Waals surface area contributed by atoms with Gasteiger partial charge in [0.05, 0.1) is 28.7 Å². The van der Waals surface area contributed by atoms with E-state index in [0.717, 1.165) is 38.1 Å². The summed E-state index contributed by atoms with van der Waals surface area (Å²) < 4.78 is 40.3. The Hall–Kier alpha value is -2.06. The molecule has 0 bridgehead atoms. The van der Waals surface area contributed by atoms with Crippen molar-refractivity contribution in [1.82, 2.24) is 20.0 Å². The first-order valence-electron chi connectivity index (χ1n) is 9.53. The molecule has 2 heterocycles. The van der Waals surface area contributed by atoms with Crippen LogP contribution in [0.1, 0.15) is 41.4 Å². The minimum atomic E-state index is -4.42. The van der Waals surface area contributed by atoms with Gasteiger partial charge in [-0.15, -0.1) is 12.4 Å². The molecule has 160 valence electrons. The summed E-state index contributed by atoms with van der Waals surface area (Å²) in [4.78, 5) is 14.7. The maximum absolute atomic E-state index is 13.0. The quantitative estimate of drug-likeness (QED) is 0.777. The van der Waals surface area contributed by atoms with E-state index in [2.05, 4.69) is 17.3 Å². The predicted octanol–water partition coefficient (Wildman–Crippen LogP) is 4.08. The van der Waals surface area contributed by atoms with Gasteiger partial charge in [-0.05, 0) is 57.0 Å². The molecule has 0 atom stereocenters. The fraction of sp³-hybridized carbons (Fsp3) is 0.500. The number of aromatic nitrogens is 2. The summed E-state index contributed by atoms with van der Waals surface area (Å²) >= 11 is 0. The average Bonchev–Trinajstić information content (AvgIpc) is 3.07. The summed E-state index contributed by atoms with van der Waals surface area (Å²) in [5.74, 6) is 0.454. The van der Waals surface area contributed by atoms with E-state index in [1.807, 2.05) is 4.90 Å². The van der Waals surface area contributed by atoms with Crippen molar-refractivity contribution in [2.24, 2.45) is 5.92 Å². The molecule has 1 saturated heterocycles. The van der Waals surface area contributed by atoms with Crippen LogP contribution in [0.4, 0.5) is 13.2 Å². The average molecular weight is 431 g/mol. The highest BCUT2D eigenvalue weighted by molar-refractivity contribution is 5.95. The fourth-order valence-corrected chi connectivity index (χ4v) is 3.55. The molecule has 1 N–H and O–H groups in total. The number of nitrogens with one attached hydrogen (secondary N) is 1. The lowest BCUT2D eigenvalue weighted by atomic mass is 9.96. The van der Waals surface area contributed by atoms with E-state index in [1.165, 1.54) is 16.9 Å².